The summed E-state index contributed by atoms with van der Waals surface area (Å²) >= 11 is 0. The van der Waals surface area contributed by atoms with Crippen LogP contribution in [0.4, 0.5) is 5.69 Å². The van der Waals surface area contributed by atoms with Gasteiger partial charge in [0.15, 0.2) is 0 Å². The van der Waals surface area contributed by atoms with Gasteiger partial charge in [-0.1, -0.05) is 0 Å². The van der Waals surface area contributed by atoms with Crippen LogP contribution in [0, 0.1) is 0 Å². The SMILES string of the molecule is CN(C)c1cccn2c(CCN)ncc12. The molecule has 0 saturated carbocycles. The van der Waals surface area contributed by atoms with E-state index in [1.54, 1.807) is 0 Å². The van der Waals surface area contributed by atoms with Gasteiger partial charge in [-0.2, -0.15) is 0 Å². The van der Waals surface area contributed by atoms with Crippen molar-refractivity contribution in [1.82, 2.24) is 9.38 Å². The van der Waals surface area contributed by atoms with E-state index in [0.717, 1.165) is 17.8 Å². The minimum absolute atomic E-state index is 0.630. The number of nitrogens with two attached hydrogens (primary N) is 1. The maximum Gasteiger partial charge on any atom is 0.114 e. The topological polar surface area (TPSA) is 46.6 Å². The summed E-state index contributed by atoms with van der Waals surface area (Å²) in [6.07, 6.45) is 4.74. The van der Waals surface area contributed by atoms with Gasteiger partial charge in [-0.05, 0) is 18.7 Å². The largest absolute Gasteiger partial charge is 0.376 e. The molecule has 0 atom stereocenters. The van der Waals surface area contributed by atoms with E-state index in [1.165, 1.54) is 5.69 Å². The molecule has 0 fully saturated rings. The number of hydrogen-bond acceptors (Lipinski definition) is 3. The maximum atomic E-state index is 5.54. The van der Waals surface area contributed by atoms with E-state index in [4.69, 9.17) is 5.73 Å². The van der Waals surface area contributed by atoms with E-state index in [-0.39, 0.29) is 0 Å². The summed E-state index contributed by atoms with van der Waals surface area (Å²) in [5, 5.41) is 0. The third-order valence-electron chi connectivity index (χ3n) is 2.47. The lowest BCUT2D eigenvalue weighted by atomic mass is 10.3. The number of hydrogen-bond donors (Lipinski definition) is 1. The molecular weight excluding hydrogens is 188 g/mol. The molecule has 2 heterocycles. The van der Waals surface area contributed by atoms with Crippen LogP contribution >= 0.6 is 0 Å². The Morgan fingerprint density at radius 3 is 2.93 bits per heavy atom. The van der Waals surface area contributed by atoms with Gasteiger partial charge in [0.05, 0.1) is 17.4 Å². The smallest absolute Gasteiger partial charge is 0.114 e. The summed E-state index contributed by atoms with van der Waals surface area (Å²) in [6.45, 7) is 0.630. The number of rotatable bonds is 3. The van der Waals surface area contributed by atoms with Crippen LogP contribution in [-0.4, -0.2) is 30.0 Å². The maximum absolute atomic E-state index is 5.54. The van der Waals surface area contributed by atoms with Gasteiger partial charge in [0, 0.05) is 26.7 Å². The van der Waals surface area contributed by atoms with Crippen LogP contribution in [0.25, 0.3) is 5.52 Å². The van der Waals surface area contributed by atoms with Gasteiger partial charge in [0.2, 0.25) is 0 Å². The average molecular weight is 204 g/mol. The molecule has 0 spiro atoms. The molecule has 4 heteroatoms. The standard InChI is InChI=1S/C11H16N4/c1-14(2)9-4-3-7-15-10(9)8-13-11(15)5-6-12/h3-4,7-8H,5-6,12H2,1-2H3. The first-order valence-corrected chi connectivity index (χ1v) is 5.06. The molecule has 0 aliphatic rings. The Hall–Kier alpha value is -1.55. The molecule has 0 saturated heterocycles. The molecule has 80 valence electrons. The first-order chi connectivity index (χ1) is 7.24. The Bertz CT molecular complexity index is 459. The van der Waals surface area contributed by atoms with E-state index in [0.29, 0.717) is 6.54 Å². The highest BCUT2D eigenvalue weighted by Crippen LogP contribution is 2.20. The molecule has 2 aromatic rings. The number of anilines is 1. The van der Waals surface area contributed by atoms with Crippen LogP contribution in [0.15, 0.2) is 24.5 Å². The average Bonchev–Trinajstić information content (AvgIpc) is 2.62. The minimum Gasteiger partial charge on any atom is -0.376 e. The zero-order valence-electron chi connectivity index (χ0n) is 9.14. The normalized spacial score (nSPS) is 10.9. The quantitative estimate of drug-likeness (QED) is 0.808. The van der Waals surface area contributed by atoms with Crippen LogP contribution in [-0.2, 0) is 6.42 Å². The second-order valence-electron chi connectivity index (χ2n) is 3.76. The van der Waals surface area contributed by atoms with E-state index in [9.17, 15) is 0 Å². The minimum atomic E-state index is 0.630. The highest BCUT2D eigenvalue weighted by Gasteiger charge is 2.07. The van der Waals surface area contributed by atoms with Crippen molar-refractivity contribution >= 4 is 11.2 Å². The van der Waals surface area contributed by atoms with Crippen molar-refractivity contribution in [3.8, 4) is 0 Å². The summed E-state index contributed by atoms with van der Waals surface area (Å²) in [7, 11) is 4.07. The molecular formula is C11H16N4. The van der Waals surface area contributed by atoms with E-state index in [1.807, 2.05) is 32.6 Å². The Morgan fingerprint density at radius 1 is 1.47 bits per heavy atom. The third kappa shape index (κ3) is 1.68. The molecule has 2 aromatic heterocycles. The fourth-order valence-electron chi connectivity index (χ4n) is 1.75. The Kier molecular flexibility index (Phi) is 2.60. The lowest BCUT2D eigenvalue weighted by Crippen LogP contribution is -2.10. The van der Waals surface area contributed by atoms with E-state index in [2.05, 4.69) is 20.4 Å². The molecule has 0 amide bonds. The molecule has 4 nitrogen and oxygen atoms in total. The van der Waals surface area contributed by atoms with Crippen LogP contribution < -0.4 is 10.6 Å². The highest BCUT2D eigenvalue weighted by atomic mass is 15.1. The summed E-state index contributed by atoms with van der Waals surface area (Å²) in [5.41, 5.74) is 7.85. The van der Waals surface area contributed by atoms with E-state index >= 15 is 0 Å². The van der Waals surface area contributed by atoms with Crippen molar-refractivity contribution in [3.05, 3.63) is 30.4 Å². The monoisotopic (exact) mass is 204 g/mol. The lowest BCUT2D eigenvalue weighted by molar-refractivity contribution is 0.862. The zero-order chi connectivity index (χ0) is 10.8. The van der Waals surface area contributed by atoms with Crippen LogP contribution in [0.5, 0.6) is 0 Å². The van der Waals surface area contributed by atoms with Gasteiger partial charge in [0.1, 0.15) is 5.82 Å². The summed E-state index contributed by atoms with van der Waals surface area (Å²) in [6, 6.07) is 4.12. The molecule has 2 N–H and O–H groups in total. The van der Waals surface area contributed by atoms with Gasteiger partial charge < -0.3 is 15.0 Å². The summed E-state index contributed by atoms with van der Waals surface area (Å²) < 4.78 is 2.10. The Morgan fingerprint density at radius 2 is 2.27 bits per heavy atom. The number of pyridine rings is 1. The number of fused-ring (bicyclic) bond motifs is 1. The molecule has 0 unspecified atom stereocenters. The first kappa shape index (κ1) is 9.98. The van der Waals surface area contributed by atoms with Crippen LogP contribution in [0.1, 0.15) is 5.82 Å². The van der Waals surface area contributed by atoms with Crippen molar-refractivity contribution in [3.63, 3.8) is 0 Å². The van der Waals surface area contributed by atoms with Gasteiger partial charge in [-0.3, -0.25) is 0 Å². The summed E-state index contributed by atoms with van der Waals surface area (Å²) in [4.78, 5) is 6.47. The summed E-state index contributed by atoms with van der Waals surface area (Å²) in [5.74, 6) is 1.02. The van der Waals surface area contributed by atoms with Crippen LogP contribution in [0.2, 0.25) is 0 Å². The fraction of sp³-hybridized carbons (Fsp3) is 0.364. The predicted molar refractivity (Wildman–Crippen MR) is 62.3 cm³/mol. The second-order valence-corrected chi connectivity index (χ2v) is 3.76. The van der Waals surface area contributed by atoms with Crippen molar-refractivity contribution in [2.75, 3.05) is 25.5 Å². The van der Waals surface area contributed by atoms with Gasteiger partial charge in [0.25, 0.3) is 0 Å². The second kappa shape index (κ2) is 3.90. The number of nitrogens with zero attached hydrogens (tertiary/aromatic N) is 3. The lowest BCUT2D eigenvalue weighted by Gasteiger charge is -2.13. The third-order valence-corrected chi connectivity index (χ3v) is 2.47. The Balaban J connectivity index is 2.58. The molecule has 0 aromatic carbocycles. The van der Waals surface area contributed by atoms with Crippen LogP contribution in [0.3, 0.4) is 0 Å². The Labute approximate surface area is 89.3 Å². The van der Waals surface area contributed by atoms with Gasteiger partial charge in [-0.25, -0.2) is 4.98 Å². The van der Waals surface area contributed by atoms with E-state index < -0.39 is 0 Å². The van der Waals surface area contributed by atoms with Crippen molar-refractivity contribution in [2.24, 2.45) is 5.73 Å². The highest BCUT2D eigenvalue weighted by molar-refractivity contribution is 5.72. The first-order valence-electron chi connectivity index (χ1n) is 5.06. The molecule has 0 bridgehead atoms. The molecule has 15 heavy (non-hydrogen) atoms. The van der Waals surface area contributed by atoms with Gasteiger partial charge >= 0.3 is 0 Å². The fourth-order valence-corrected chi connectivity index (χ4v) is 1.75. The van der Waals surface area contributed by atoms with Crippen molar-refractivity contribution in [2.45, 2.75) is 6.42 Å². The number of imidazole rings is 1. The predicted octanol–water partition coefficient (Wildman–Crippen LogP) is 0.901. The molecule has 0 radical (unpaired) electrons. The number of aromatic nitrogens is 2. The zero-order valence-corrected chi connectivity index (χ0v) is 9.14. The van der Waals surface area contributed by atoms with Crippen molar-refractivity contribution in [1.29, 1.82) is 0 Å². The molecule has 0 aliphatic heterocycles. The molecule has 2 rings (SSSR count). The van der Waals surface area contributed by atoms with Crippen molar-refractivity contribution < 1.29 is 0 Å². The van der Waals surface area contributed by atoms with Gasteiger partial charge in [-0.15, -0.1) is 0 Å². The molecule has 0 aliphatic carbocycles.